The zero-order valence-corrected chi connectivity index (χ0v) is 35.6. The molecule has 0 bridgehead atoms. The number of pyridine rings is 1. The first-order valence-electron chi connectivity index (χ1n) is 22.6. The molecule has 2 fully saturated rings. The van der Waals surface area contributed by atoms with Crippen LogP contribution in [0.15, 0.2) is 70.6 Å². The van der Waals surface area contributed by atoms with Gasteiger partial charge in [0.15, 0.2) is 17.0 Å². The van der Waals surface area contributed by atoms with Gasteiger partial charge in [0.1, 0.15) is 16.7 Å². The number of benzene rings is 2. The minimum absolute atomic E-state index is 0.227. The summed E-state index contributed by atoms with van der Waals surface area (Å²) in [5.41, 5.74) is 8.45. The zero-order chi connectivity index (χ0) is 43.0. The summed E-state index contributed by atoms with van der Waals surface area (Å²) in [7, 11) is 0. The summed E-state index contributed by atoms with van der Waals surface area (Å²) in [5.74, 6) is 0.441. The Kier molecular flexibility index (Phi) is 9.88. The minimum atomic E-state index is -0.990. The van der Waals surface area contributed by atoms with Crippen molar-refractivity contribution in [1.29, 1.82) is 0 Å². The summed E-state index contributed by atoms with van der Waals surface area (Å²) in [6.45, 7) is 11.3. The molecule has 15 nitrogen and oxygen atoms in total. The molecule has 3 aliphatic heterocycles. The van der Waals surface area contributed by atoms with Crippen molar-refractivity contribution in [3.8, 4) is 5.82 Å². The van der Waals surface area contributed by atoms with Crippen LogP contribution in [0.25, 0.3) is 27.8 Å². The van der Waals surface area contributed by atoms with Gasteiger partial charge in [-0.2, -0.15) is 4.98 Å². The van der Waals surface area contributed by atoms with Crippen molar-refractivity contribution in [2.24, 2.45) is 5.92 Å². The molecule has 0 radical (unpaired) electrons. The number of carbonyl (C=O) groups excluding carboxylic acids is 2. The Morgan fingerprint density at radius 1 is 0.952 bits per heavy atom. The summed E-state index contributed by atoms with van der Waals surface area (Å²) < 4.78 is 9.18. The molecular weight excluding hydrogens is 797 g/mol. The number of fused-ring (bicyclic) bond motifs is 6. The van der Waals surface area contributed by atoms with Gasteiger partial charge in [0.2, 0.25) is 17.8 Å². The van der Waals surface area contributed by atoms with E-state index in [1.807, 2.05) is 25.1 Å². The first-order chi connectivity index (χ1) is 30.7. The maximum Gasteiger partial charge on any atom is 0.278 e. The minimum Gasteiger partial charge on any atom is -0.384 e. The third kappa shape index (κ3) is 6.97. The van der Waals surface area contributed by atoms with Crippen LogP contribution in [0.3, 0.4) is 0 Å². The van der Waals surface area contributed by atoms with Gasteiger partial charge in [-0.1, -0.05) is 36.4 Å². The van der Waals surface area contributed by atoms with Gasteiger partial charge >= 0.3 is 0 Å². The fourth-order valence-electron chi connectivity index (χ4n) is 11.1. The molecule has 11 rings (SSSR count). The first-order valence-corrected chi connectivity index (χ1v) is 22.6. The van der Waals surface area contributed by atoms with E-state index in [0.717, 1.165) is 93.5 Å². The van der Waals surface area contributed by atoms with E-state index in [2.05, 4.69) is 61.4 Å². The molecule has 4 aromatic heterocycles. The molecule has 3 N–H and O–H groups in total. The van der Waals surface area contributed by atoms with Crippen molar-refractivity contribution in [1.82, 2.24) is 44.6 Å². The summed E-state index contributed by atoms with van der Waals surface area (Å²) in [5, 5.41) is 22.8. The van der Waals surface area contributed by atoms with Gasteiger partial charge in [-0.05, 0) is 123 Å². The number of nitrogens with one attached hydrogen (secondary N) is 2. The van der Waals surface area contributed by atoms with E-state index in [1.54, 1.807) is 21.6 Å². The van der Waals surface area contributed by atoms with Crippen LogP contribution in [0, 0.1) is 5.92 Å². The quantitative estimate of drug-likeness (QED) is 0.119. The van der Waals surface area contributed by atoms with Gasteiger partial charge in [-0.3, -0.25) is 24.6 Å². The number of hydrogen-bond donors (Lipinski definition) is 3. The van der Waals surface area contributed by atoms with Crippen molar-refractivity contribution in [2.75, 3.05) is 31.5 Å². The number of rotatable bonds is 10. The number of aromatic nitrogens is 6. The monoisotopic (exact) mass is 848 g/mol. The maximum absolute atomic E-state index is 13.6. The predicted octanol–water partition coefficient (Wildman–Crippen LogP) is 5.35. The topological polar surface area (TPSA) is 177 Å². The lowest BCUT2D eigenvalue weighted by Gasteiger charge is -2.41. The van der Waals surface area contributed by atoms with E-state index in [9.17, 15) is 19.5 Å². The fraction of sp³-hybridized carbons (Fsp3) is 0.438. The summed E-state index contributed by atoms with van der Waals surface area (Å²) >= 11 is 0. The number of allylic oxidation sites excluding steroid dienone is 1. The Morgan fingerprint density at radius 3 is 2.62 bits per heavy atom. The average molecular weight is 849 g/mol. The average Bonchev–Trinajstić information content (AvgIpc) is 4.06. The van der Waals surface area contributed by atoms with Crippen LogP contribution in [0.5, 0.6) is 0 Å². The molecule has 2 saturated heterocycles. The van der Waals surface area contributed by atoms with Crippen LogP contribution in [0.2, 0.25) is 0 Å². The van der Waals surface area contributed by atoms with Gasteiger partial charge in [-0.25, -0.2) is 19.3 Å². The molecule has 2 aliphatic carbocycles. The van der Waals surface area contributed by atoms with Crippen LogP contribution in [-0.2, 0) is 54.0 Å². The van der Waals surface area contributed by atoms with E-state index >= 15 is 0 Å². The lowest BCUT2D eigenvalue weighted by Crippen LogP contribution is -2.47. The van der Waals surface area contributed by atoms with Gasteiger partial charge in [0.25, 0.3) is 5.56 Å². The van der Waals surface area contributed by atoms with Crippen molar-refractivity contribution in [2.45, 2.75) is 102 Å². The molecule has 3 atom stereocenters. The van der Waals surface area contributed by atoms with Crippen LogP contribution in [0.1, 0.15) is 90.6 Å². The molecule has 7 heterocycles. The van der Waals surface area contributed by atoms with E-state index in [4.69, 9.17) is 14.5 Å². The zero-order valence-electron chi connectivity index (χ0n) is 35.6. The number of likely N-dealkylation sites (tertiary alicyclic amines) is 1. The number of carbonyl (C=O) groups is 2. The SMILES string of the molecule is C=CCn1c(=O)c2cnc(Nc3ccc4c(c3)CCN(C3CCN(CC5Cc6ccc7c(C8CCC(=O)NC8=O)noc7c6C5)CC3)C4)nc2n1-c1ccc2c(n1)C(O)(CC)CC2. The molecule has 6 aromatic rings. The number of aryl methyl sites for hydroxylation is 1. The lowest BCUT2D eigenvalue weighted by molar-refractivity contribution is -0.134. The Hall–Kier alpha value is -6.03. The molecule has 0 spiro atoms. The maximum atomic E-state index is 13.6. The lowest BCUT2D eigenvalue weighted by atomic mass is 9.92. The largest absolute Gasteiger partial charge is 0.384 e. The Balaban J connectivity index is 0.727. The van der Waals surface area contributed by atoms with Crippen LogP contribution < -0.4 is 16.2 Å². The van der Waals surface area contributed by atoms with Gasteiger partial charge < -0.3 is 19.8 Å². The fourth-order valence-corrected chi connectivity index (χ4v) is 11.1. The van der Waals surface area contributed by atoms with Crippen molar-refractivity contribution in [3.05, 3.63) is 111 Å². The molecule has 0 saturated carbocycles. The van der Waals surface area contributed by atoms with Crippen LogP contribution in [-0.4, -0.2) is 88.4 Å². The Labute approximate surface area is 364 Å². The van der Waals surface area contributed by atoms with Crippen LogP contribution in [0.4, 0.5) is 11.6 Å². The highest BCUT2D eigenvalue weighted by Gasteiger charge is 2.38. The number of aliphatic hydroxyl groups is 1. The number of anilines is 2. The van der Waals surface area contributed by atoms with Gasteiger partial charge in [0, 0.05) is 54.9 Å². The predicted molar refractivity (Wildman–Crippen MR) is 237 cm³/mol. The molecule has 5 aliphatic rings. The number of piperidine rings is 2. The first kappa shape index (κ1) is 39.8. The van der Waals surface area contributed by atoms with E-state index in [0.29, 0.717) is 71.8 Å². The highest BCUT2D eigenvalue weighted by Crippen LogP contribution is 2.40. The molecule has 2 aromatic carbocycles. The third-order valence-corrected chi connectivity index (χ3v) is 14.5. The second-order valence-corrected chi connectivity index (χ2v) is 18.3. The molecule has 63 heavy (non-hydrogen) atoms. The summed E-state index contributed by atoms with van der Waals surface area (Å²) in [4.78, 5) is 57.6. The molecule has 15 heteroatoms. The van der Waals surface area contributed by atoms with E-state index < -0.39 is 11.5 Å². The van der Waals surface area contributed by atoms with Crippen molar-refractivity contribution < 1.29 is 19.2 Å². The number of imide groups is 1. The second-order valence-electron chi connectivity index (χ2n) is 18.3. The Morgan fingerprint density at radius 2 is 1.79 bits per heavy atom. The van der Waals surface area contributed by atoms with Gasteiger partial charge in [0.05, 0.1) is 18.2 Å². The second kappa shape index (κ2) is 15.6. The Bertz CT molecular complexity index is 2890. The number of hydrogen-bond acceptors (Lipinski definition) is 12. The summed E-state index contributed by atoms with van der Waals surface area (Å²) in [6, 6.07) is 15.2. The highest BCUT2D eigenvalue weighted by molar-refractivity contribution is 6.02. The molecular formula is C48H52N10O5. The third-order valence-electron chi connectivity index (χ3n) is 14.5. The molecule has 324 valence electrons. The smallest absolute Gasteiger partial charge is 0.278 e. The summed E-state index contributed by atoms with van der Waals surface area (Å²) in [6.07, 6.45) is 11.2. The normalized spacial score (nSPS) is 23.0. The highest BCUT2D eigenvalue weighted by atomic mass is 16.5. The van der Waals surface area contributed by atoms with Crippen molar-refractivity contribution in [3.63, 3.8) is 0 Å². The number of amides is 2. The number of nitrogens with zero attached hydrogens (tertiary/aromatic N) is 8. The molecule has 3 unspecified atom stereocenters. The van der Waals surface area contributed by atoms with Gasteiger partial charge in [-0.15, -0.1) is 6.58 Å². The molecule has 2 amide bonds. The van der Waals surface area contributed by atoms with E-state index in [-0.39, 0.29) is 23.9 Å². The van der Waals surface area contributed by atoms with Crippen molar-refractivity contribution >= 4 is 45.5 Å². The van der Waals surface area contributed by atoms with Crippen LogP contribution >= 0.6 is 0 Å². The standard InChI is InChI=1S/C48H52N10O5/c1-3-18-57-46(61)38-25-49-47(53-44(38)58(57)39-11-7-29-13-17-48(62,4-2)43(29)51-39)50-33-8-5-32-27-56(21-14-30(32)24-33)34-15-19-55(20-16-34)26-28-22-31-6-9-35-41(54-63-42(35)37(31)23-28)36-10-12-40(59)52-45(36)60/h3,5-9,11,24-25,28,34,36,62H,1,4,10,12-23,26-27H2,2H3,(H,49,50,53)(H,52,59,60). The van der Waals surface area contributed by atoms with E-state index in [1.165, 1.54) is 22.3 Å².